The third-order valence-corrected chi connectivity index (χ3v) is 5.41. The molecular weight excluding hydrogens is 464 g/mol. The van der Waals surface area contributed by atoms with E-state index in [1.54, 1.807) is 54.6 Å². The van der Waals surface area contributed by atoms with Gasteiger partial charge in [-0.1, -0.05) is 48.9 Å². The number of benzene rings is 4. The second-order valence-corrected chi connectivity index (χ2v) is 8.10. The Labute approximate surface area is 208 Å². The summed E-state index contributed by atoms with van der Waals surface area (Å²) in [5, 5.41) is 6.42. The molecular formula is C28H23ClN2O4. The van der Waals surface area contributed by atoms with E-state index in [4.69, 9.17) is 21.1 Å². The molecule has 0 heterocycles. The zero-order valence-corrected chi connectivity index (χ0v) is 19.8. The quantitative estimate of drug-likeness (QED) is 0.138. The van der Waals surface area contributed by atoms with E-state index >= 15 is 0 Å². The van der Waals surface area contributed by atoms with Crippen LogP contribution in [0.1, 0.15) is 39.6 Å². The first-order chi connectivity index (χ1) is 17.0. The number of hydrazone groups is 1. The molecule has 0 bridgehead atoms. The zero-order chi connectivity index (χ0) is 24.6. The number of hydrogen-bond donors (Lipinski definition) is 1. The summed E-state index contributed by atoms with van der Waals surface area (Å²) < 4.78 is 11.2. The Hall–Kier alpha value is -4.16. The molecule has 4 aromatic carbocycles. The van der Waals surface area contributed by atoms with Gasteiger partial charge in [0.15, 0.2) is 0 Å². The van der Waals surface area contributed by atoms with Crippen LogP contribution in [0.4, 0.5) is 0 Å². The maximum atomic E-state index is 12.7. The van der Waals surface area contributed by atoms with E-state index < -0.39 is 5.97 Å². The van der Waals surface area contributed by atoms with Gasteiger partial charge in [-0.15, -0.1) is 0 Å². The van der Waals surface area contributed by atoms with Crippen LogP contribution in [0.25, 0.3) is 10.8 Å². The van der Waals surface area contributed by atoms with Crippen molar-refractivity contribution in [1.29, 1.82) is 0 Å². The van der Waals surface area contributed by atoms with Crippen LogP contribution in [0.2, 0.25) is 5.02 Å². The maximum Gasteiger partial charge on any atom is 0.343 e. The van der Waals surface area contributed by atoms with Crippen molar-refractivity contribution in [3.63, 3.8) is 0 Å². The van der Waals surface area contributed by atoms with Crippen molar-refractivity contribution in [3.05, 3.63) is 107 Å². The highest BCUT2D eigenvalue weighted by Crippen LogP contribution is 2.27. The first-order valence-corrected chi connectivity index (χ1v) is 11.5. The third kappa shape index (κ3) is 6.05. The lowest BCUT2D eigenvalue weighted by Gasteiger charge is -2.11. The Morgan fingerprint density at radius 3 is 2.37 bits per heavy atom. The molecule has 1 N–H and O–H groups in total. The van der Waals surface area contributed by atoms with Gasteiger partial charge in [-0.3, -0.25) is 4.79 Å². The number of carbonyl (C=O) groups excluding carboxylic acids is 2. The number of nitrogens with zero attached hydrogens (tertiary/aromatic N) is 1. The van der Waals surface area contributed by atoms with Gasteiger partial charge < -0.3 is 9.47 Å². The van der Waals surface area contributed by atoms with Gasteiger partial charge in [0.05, 0.1) is 18.4 Å². The maximum absolute atomic E-state index is 12.7. The molecule has 0 aliphatic heterocycles. The highest BCUT2D eigenvalue weighted by Gasteiger charge is 2.14. The Kier molecular flexibility index (Phi) is 7.75. The molecule has 176 valence electrons. The number of rotatable bonds is 8. The molecule has 0 fully saturated rings. The highest BCUT2D eigenvalue weighted by atomic mass is 35.5. The lowest BCUT2D eigenvalue weighted by atomic mass is 10.0. The average Bonchev–Trinajstić information content (AvgIpc) is 2.89. The van der Waals surface area contributed by atoms with E-state index in [1.807, 2.05) is 37.3 Å². The van der Waals surface area contributed by atoms with Crippen LogP contribution in [-0.4, -0.2) is 24.7 Å². The Morgan fingerprint density at radius 1 is 0.914 bits per heavy atom. The van der Waals surface area contributed by atoms with Crippen molar-refractivity contribution in [2.24, 2.45) is 5.10 Å². The predicted molar refractivity (Wildman–Crippen MR) is 138 cm³/mol. The van der Waals surface area contributed by atoms with Gasteiger partial charge in [-0.05, 0) is 71.8 Å². The second kappa shape index (κ2) is 11.3. The van der Waals surface area contributed by atoms with Crippen LogP contribution in [-0.2, 0) is 0 Å². The fourth-order valence-electron chi connectivity index (χ4n) is 3.38. The van der Waals surface area contributed by atoms with Crippen LogP contribution in [0, 0.1) is 0 Å². The van der Waals surface area contributed by atoms with Crippen molar-refractivity contribution in [3.8, 4) is 11.5 Å². The molecule has 0 spiro atoms. The number of halogens is 1. The normalized spacial score (nSPS) is 10.9. The summed E-state index contributed by atoms with van der Waals surface area (Å²) in [6.45, 7) is 2.64. The molecule has 0 saturated heterocycles. The van der Waals surface area contributed by atoms with Crippen molar-refractivity contribution in [1.82, 2.24) is 5.43 Å². The first-order valence-electron chi connectivity index (χ1n) is 11.1. The summed E-state index contributed by atoms with van der Waals surface area (Å²) in [4.78, 5) is 25.2. The largest absolute Gasteiger partial charge is 0.494 e. The van der Waals surface area contributed by atoms with Crippen LogP contribution >= 0.6 is 11.6 Å². The molecule has 7 heteroatoms. The Balaban J connectivity index is 1.54. The number of hydrogen-bond acceptors (Lipinski definition) is 5. The lowest BCUT2D eigenvalue weighted by molar-refractivity contribution is 0.0734. The van der Waals surface area contributed by atoms with Gasteiger partial charge in [0.1, 0.15) is 11.5 Å². The van der Waals surface area contributed by atoms with E-state index in [9.17, 15) is 9.59 Å². The van der Waals surface area contributed by atoms with E-state index in [1.165, 1.54) is 6.21 Å². The van der Waals surface area contributed by atoms with Gasteiger partial charge in [0, 0.05) is 16.1 Å². The molecule has 0 unspecified atom stereocenters. The molecule has 0 aromatic heterocycles. The van der Waals surface area contributed by atoms with Crippen molar-refractivity contribution >= 4 is 40.5 Å². The van der Waals surface area contributed by atoms with Gasteiger partial charge in [0.25, 0.3) is 5.91 Å². The number of fused-ring (bicyclic) bond motifs is 1. The highest BCUT2D eigenvalue weighted by molar-refractivity contribution is 6.30. The summed E-state index contributed by atoms with van der Waals surface area (Å²) in [7, 11) is 0. The molecule has 4 aromatic rings. The minimum Gasteiger partial charge on any atom is -0.494 e. The zero-order valence-electron chi connectivity index (χ0n) is 19.0. The number of ether oxygens (including phenoxy) is 2. The van der Waals surface area contributed by atoms with E-state index in [0.717, 1.165) is 17.2 Å². The Bertz CT molecular complexity index is 1370. The van der Waals surface area contributed by atoms with Crippen molar-refractivity contribution < 1.29 is 19.1 Å². The second-order valence-electron chi connectivity index (χ2n) is 7.67. The van der Waals surface area contributed by atoms with Gasteiger partial charge >= 0.3 is 5.97 Å². The van der Waals surface area contributed by atoms with E-state index in [0.29, 0.717) is 39.8 Å². The summed E-state index contributed by atoms with van der Waals surface area (Å²) >= 11 is 5.91. The van der Waals surface area contributed by atoms with E-state index in [-0.39, 0.29) is 5.91 Å². The summed E-state index contributed by atoms with van der Waals surface area (Å²) in [6, 6.07) is 24.5. The minimum atomic E-state index is -0.527. The Morgan fingerprint density at radius 2 is 1.63 bits per heavy atom. The third-order valence-electron chi connectivity index (χ3n) is 5.16. The number of amides is 1. The predicted octanol–water partition coefficient (Wildman–Crippen LogP) is 6.27. The number of carbonyl (C=O) groups is 2. The summed E-state index contributed by atoms with van der Waals surface area (Å²) in [6.07, 6.45) is 2.38. The summed E-state index contributed by atoms with van der Waals surface area (Å²) in [5.74, 6) is 0.123. The minimum absolute atomic E-state index is 0.319. The standard InChI is InChI=1S/C28H23ClN2O4/c1-2-17-34-23-14-9-20(10-15-23)27(32)31-30-18-25-24-6-4-3-5-19(24)11-16-26(25)35-28(33)21-7-12-22(29)13-8-21/h3-16,18H,2,17H2,1H3,(H,31,32)/b30-18+. The fourth-order valence-corrected chi connectivity index (χ4v) is 3.51. The van der Waals surface area contributed by atoms with Crippen LogP contribution in [0.5, 0.6) is 11.5 Å². The summed E-state index contributed by atoms with van der Waals surface area (Å²) in [5.41, 5.74) is 3.90. The molecule has 35 heavy (non-hydrogen) atoms. The van der Waals surface area contributed by atoms with Gasteiger partial charge in [-0.2, -0.15) is 5.10 Å². The molecule has 0 atom stereocenters. The molecule has 4 rings (SSSR count). The lowest BCUT2D eigenvalue weighted by Crippen LogP contribution is -2.17. The van der Waals surface area contributed by atoms with Gasteiger partial charge in [-0.25, -0.2) is 10.2 Å². The average molecular weight is 487 g/mol. The molecule has 0 aliphatic rings. The van der Waals surface area contributed by atoms with Crippen molar-refractivity contribution in [2.75, 3.05) is 6.61 Å². The number of esters is 1. The fraction of sp³-hybridized carbons (Fsp3) is 0.107. The molecule has 0 saturated carbocycles. The molecule has 0 aliphatic carbocycles. The van der Waals surface area contributed by atoms with Crippen LogP contribution in [0.3, 0.4) is 0 Å². The number of nitrogens with one attached hydrogen (secondary N) is 1. The monoisotopic (exact) mass is 486 g/mol. The van der Waals surface area contributed by atoms with E-state index in [2.05, 4.69) is 10.5 Å². The SMILES string of the molecule is CCCOc1ccc(C(=O)N/N=C/c2c(OC(=O)c3ccc(Cl)cc3)ccc3ccccc23)cc1. The molecule has 1 amide bonds. The smallest absolute Gasteiger partial charge is 0.343 e. The van der Waals surface area contributed by atoms with Crippen LogP contribution < -0.4 is 14.9 Å². The van der Waals surface area contributed by atoms with Gasteiger partial charge in [0.2, 0.25) is 0 Å². The van der Waals surface area contributed by atoms with Crippen LogP contribution in [0.15, 0.2) is 90.0 Å². The molecule has 0 radical (unpaired) electrons. The topological polar surface area (TPSA) is 77.0 Å². The van der Waals surface area contributed by atoms with Crippen molar-refractivity contribution in [2.45, 2.75) is 13.3 Å². The first kappa shape index (κ1) is 24.0. The molecule has 6 nitrogen and oxygen atoms in total.